The van der Waals surface area contributed by atoms with Gasteiger partial charge in [0, 0.05) is 24.2 Å². The fourth-order valence-corrected chi connectivity index (χ4v) is 3.54. The average Bonchev–Trinajstić information content (AvgIpc) is 2.49. The number of rotatable bonds is 7. The molecule has 0 radical (unpaired) electrons. The maximum absolute atomic E-state index is 13.1. The lowest BCUT2D eigenvalue weighted by Crippen LogP contribution is -2.30. The zero-order valence-corrected chi connectivity index (χ0v) is 14.1. The van der Waals surface area contributed by atoms with E-state index in [0.717, 1.165) is 0 Å². The van der Waals surface area contributed by atoms with Crippen molar-refractivity contribution in [3.8, 4) is 0 Å². The van der Waals surface area contributed by atoms with Crippen LogP contribution in [0.1, 0.15) is 17.2 Å². The molecule has 0 amide bonds. The molecule has 23 heavy (non-hydrogen) atoms. The van der Waals surface area contributed by atoms with Gasteiger partial charge in [-0.3, -0.25) is 0 Å². The van der Waals surface area contributed by atoms with E-state index in [4.69, 9.17) is 16.3 Å². The van der Waals surface area contributed by atoms with Gasteiger partial charge in [0.25, 0.3) is 0 Å². The second kappa shape index (κ2) is 7.88. The third-order valence-electron chi connectivity index (χ3n) is 3.27. The number of benzene rings is 2. The predicted octanol–water partition coefficient (Wildman–Crippen LogP) is 3.29. The maximum Gasteiger partial charge on any atom is 0.215 e. The van der Waals surface area contributed by atoms with Crippen molar-refractivity contribution in [2.75, 3.05) is 13.7 Å². The van der Waals surface area contributed by atoms with Gasteiger partial charge in [-0.15, -0.1) is 0 Å². The minimum absolute atomic E-state index is 0.0396. The summed E-state index contributed by atoms with van der Waals surface area (Å²) in [5.41, 5.74) is 1.08. The first-order chi connectivity index (χ1) is 10.9. The number of sulfonamides is 1. The Morgan fingerprint density at radius 2 is 1.96 bits per heavy atom. The third kappa shape index (κ3) is 5.28. The van der Waals surface area contributed by atoms with E-state index >= 15 is 0 Å². The van der Waals surface area contributed by atoms with E-state index in [1.807, 2.05) is 0 Å². The van der Waals surface area contributed by atoms with Crippen molar-refractivity contribution < 1.29 is 17.5 Å². The van der Waals surface area contributed by atoms with E-state index in [-0.39, 0.29) is 12.3 Å². The van der Waals surface area contributed by atoms with Crippen molar-refractivity contribution >= 4 is 21.6 Å². The Hall–Kier alpha value is -1.47. The largest absolute Gasteiger partial charge is 0.375 e. The van der Waals surface area contributed by atoms with E-state index in [1.165, 1.54) is 25.3 Å². The predicted molar refractivity (Wildman–Crippen MR) is 88.2 cm³/mol. The maximum atomic E-state index is 13.1. The molecule has 0 aliphatic heterocycles. The van der Waals surface area contributed by atoms with Crippen LogP contribution in [0.4, 0.5) is 4.39 Å². The number of halogens is 2. The second-order valence-corrected chi connectivity index (χ2v) is 7.20. The Kier molecular flexibility index (Phi) is 6.12. The summed E-state index contributed by atoms with van der Waals surface area (Å²) in [6.07, 6.45) is -0.508. The van der Waals surface area contributed by atoms with Gasteiger partial charge < -0.3 is 4.74 Å². The van der Waals surface area contributed by atoms with Gasteiger partial charge >= 0.3 is 0 Å². The Balaban J connectivity index is 2.04. The first kappa shape index (κ1) is 17.9. The van der Waals surface area contributed by atoms with Gasteiger partial charge in [-0.25, -0.2) is 17.5 Å². The molecule has 2 rings (SSSR count). The van der Waals surface area contributed by atoms with Gasteiger partial charge in [0.2, 0.25) is 10.0 Å². The fourth-order valence-electron chi connectivity index (χ4n) is 2.16. The zero-order valence-electron chi connectivity index (χ0n) is 12.5. The summed E-state index contributed by atoms with van der Waals surface area (Å²) in [6, 6.07) is 12.6. The molecule has 2 aromatic carbocycles. The minimum atomic E-state index is -3.62. The van der Waals surface area contributed by atoms with Crippen molar-refractivity contribution in [1.29, 1.82) is 0 Å². The van der Waals surface area contributed by atoms with Crippen molar-refractivity contribution in [3.63, 3.8) is 0 Å². The number of ether oxygens (including phenoxy) is 1. The molecule has 7 heteroatoms. The molecule has 4 nitrogen and oxygen atoms in total. The molecule has 0 saturated carbocycles. The average molecular weight is 358 g/mol. The zero-order chi connectivity index (χ0) is 16.9. The van der Waals surface area contributed by atoms with Gasteiger partial charge in [-0.05, 0) is 23.8 Å². The summed E-state index contributed by atoms with van der Waals surface area (Å²) in [6.45, 7) is 0.0396. The summed E-state index contributed by atoms with van der Waals surface area (Å²) < 4.78 is 45.2. The third-order valence-corrected chi connectivity index (χ3v) is 4.94. The lowest BCUT2D eigenvalue weighted by molar-refractivity contribution is 0.107. The molecule has 1 unspecified atom stereocenters. The van der Waals surface area contributed by atoms with Crippen LogP contribution in [0.15, 0.2) is 48.5 Å². The topological polar surface area (TPSA) is 55.4 Å². The van der Waals surface area contributed by atoms with Crippen LogP contribution in [0.5, 0.6) is 0 Å². The molecule has 124 valence electrons. The van der Waals surface area contributed by atoms with Gasteiger partial charge in [0.1, 0.15) is 5.82 Å². The van der Waals surface area contributed by atoms with E-state index in [0.29, 0.717) is 16.1 Å². The van der Waals surface area contributed by atoms with E-state index in [1.54, 1.807) is 30.3 Å². The quantitative estimate of drug-likeness (QED) is 0.827. The van der Waals surface area contributed by atoms with Crippen LogP contribution in [-0.4, -0.2) is 22.1 Å². The molecular weight excluding hydrogens is 341 g/mol. The van der Waals surface area contributed by atoms with Crippen LogP contribution in [0.25, 0.3) is 0 Å². The molecule has 0 bridgehead atoms. The summed E-state index contributed by atoms with van der Waals surface area (Å²) in [5, 5.41) is 0.503. The molecule has 0 fully saturated rings. The van der Waals surface area contributed by atoms with Crippen molar-refractivity contribution in [1.82, 2.24) is 4.72 Å². The highest BCUT2D eigenvalue weighted by molar-refractivity contribution is 7.88. The highest BCUT2D eigenvalue weighted by atomic mass is 35.5. The Bertz CT molecular complexity index is 767. The van der Waals surface area contributed by atoms with Crippen LogP contribution in [-0.2, 0) is 20.5 Å². The lowest BCUT2D eigenvalue weighted by Gasteiger charge is -2.18. The highest BCUT2D eigenvalue weighted by Crippen LogP contribution is 2.24. The van der Waals surface area contributed by atoms with E-state index < -0.39 is 21.9 Å². The molecule has 0 aliphatic rings. The van der Waals surface area contributed by atoms with Crippen molar-refractivity contribution in [3.05, 3.63) is 70.5 Å². The number of methoxy groups -OCH3 is 1. The van der Waals surface area contributed by atoms with Crippen LogP contribution < -0.4 is 4.72 Å². The van der Waals surface area contributed by atoms with Crippen LogP contribution in [0.2, 0.25) is 5.02 Å². The summed E-state index contributed by atoms with van der Waals surface area (Å²) >= 11 is 6.10. The molecule has 0 heterocycles. The summed E-state index contributed by atoms with van der Waals surface area (Å²) in [7, 11) is -2.14. The van der Waals surface area contributed by atoms with E-state index in [9.17, 15) is 12.8 Å². The fraction of sp³-hybridized carbons (Fsp3) is 0.250. The van der Waals surface area contributed by atoms with Gasteiger partial charge in [0.05, 0.1) is 11.9 Å². The molecule has 1 atom stereocenters. The molecule has 0 saturated heterocycles. The van der Waals surface area contributed by atoms with Gasteiger partial charge in [0.15, 0.2) is 0 Å². The van der Waals surface area contributed by atoms with Crippen molar-refractivity contribution in [2.24, 2.45) is 0 Å². The lowest BCUT2D eigenvalue weighted by atomic mass is 10.1. The van der Waals surface area contributed by atoms with Crippen LogP contribution in [0.3, 0.4) is 0 Å². The number of hydrogen-bond acceptors (Lipinski definition) is 3. The van der Waals surface area contributed by atoms with Gasteiger partial charge in [-0.1, -0.05) is 41.9 Å². The van der Waals surface area contributed by atoms with Gasteiger partial charge in [-0.2, -0.15) is 0 Å². The minimum Gasteiger partial charge on any atom is -0.375 e. The Labute approximate surface area is 140 Å². The highest BCUT2D eigenvalue weighted by Gasteiger charge is 2.18. The number of hydrogen-bond donors (Lipinski definition) is 1. The molecule has 0 aromatic heterocycles. The summed E-state index contributed by atoms with van der Waals surface area (Å²) in [5.74, 6) is -0.771. The monoisotopic (exact) mass is 357 g/mol. The molecule has 1 N–H and O–H groups in total. The Morgan fingerprint density at radius 1 is 1.22 bits per heavy atom. The standard InChI is InChI=1S/C16H17ClFNO3S/c1-22-16(14-7-2-3-8-15(14)17)10-19-23(20,21)11-12-5-4-6-13(18)9-12/h2-9,16,19H,10-11H2,1H3. The smallest absolute Gasteiger partial charge is 0.215 e. The SMILES string of the molecule is COC(CNS(=O)(=O)Cc1cccc(F)c1)c1ccccc1Cl. The molecule has 2 aromatic rings. The molecule has 0 spiro atoms. The van der Waals surface area contributed by atoms with Crippen LogP contribution >= 0.6 is 11.6 Å². The Morgan fingerprint density at radius 3 is 2.61 bits per heavy atom. The normalized spacial score (nSPS) is 13.0. The number of nitrogens with one attached hydrogen (secondary N) is 1. The molecular formula is C16H17ClFNO3S. The van der Waals surface area contributed by atoms with Crippen molar-refractivity contribution in [2.45, 2.75) is 11.9 Å². The first-order valence-electron chi connectivity index (χ1n) is 6.90. The summed E-state index contributed by atoms with van der Waals surface area (Å²) in [4.78, 5) is 0. The first-order valence-corrected chi connectivity index (χ1v) is 8.93. The second-order valence-electron chi connectivity index (χ2n) is 4.98. The van der Waals surface area contributed by atoms with Crippen LogP contribution in [0, 0.1) is 5.82 Å². The molecule has 0 aliphatic carbocycles. The van der Waals surface area contributed by atoms with E-state index in [2.05, 4.69) is 4.72 Å².